The van der Waals surface area contributed by atoms with Crippen molar-refractivity contribution in [3.63, 3.8) is 0 Å². The smallest absolute Gasteiger partial charge is 0.415 e. The van der Waals surface area contributed by atoms with Crippen LogP contribution < -0.4 is 15.0 Å². The molecule has 1 saturated heterocycles. The van der Waals surface area contributed by atoms with Gasteiger partial charge in [-0.05, 0) is 22.0 Å². The lowest BCUT2D eigenvalue weighted by Crippen LogP contribution is -2.47. The zero-order valence-corrected chi connectivity index (χ0v) is 12.6. The molecule has 0 saturated carbocycles. The lowest BCUT2D eigenvalue weighted by atomic mass is 10.1. The van der Waals surface area contributed by atoms with E-state index < -0.39 is 24.1 Å². The summed E-state index contributed by atoms with van der Waals surface area (Å²) in [6.45, 7) is 1.80. The second kappa shape index (κ2) is 5.18. The summed E-state index contributed by atoms with van der Waals surface area (Å²) >= 11 is 3.08. The molecule has 0 unspecified atom stereocenters. The highest BCUT2D eigenvalue weighted by Crippen LogP contribution is 2.41. The quantitative estimate of drug-likeness (QED) is 0.875. The topological polar surface area (TPSA) is 67.9 Å². The van der Waals surface area contributed by atoms with Gasteiger partial charge < -0.3 is 14.8 Å². The number of nitrogens with one attached hydrogen (secondary N) is 1. The van der Waals surface area contributed by atoms with Crippen molar-refractivity contribution in [2.45, 2.75) is 19.1 Å². The van der Waals surface area contributed by atoms with Gasteiger partial charge in [0.05, 0.1) is 16.7 Å². The third kappa shape index (κ3) is 2.44. The fourth-order valence-electron chi connectivity index (χ4n) is 2.44. The Kier molecular flexibility index (Phi) is 3.48. The van der Waals surface area contributed by atoms with Crippen molar-refractivity contribution in [2.75, 3.05) is 18.1 Å². The van der Waals surface area contributed by atoms with Crippen LogP contribution in [-0.4, -0.2) is 37.3 Å². The Morgan fingerprint density at radius 1 is 1.57 bits per heavy atom. The first kappa shape index (κ1) is 14.1. The third-order valence-corrected chi connectivity index (χ3v) is 4.04. The van der Waals surface area contributed by atoms with Crippen molar-refractivity contribution in [3.8, 4) is 5.75 Å². The molecule has 3 rings (SSSR count). The molecular formula is C13H12BrFN2O4. The number of cyclic esters (lactones) is 1. The normalized spacial score (nSPS) is 23.0. The van der Waals surface area contributed by atoms with Crippen LogP contribution in [0, 0.1) is 5.82 Å². The lowest BCUT2D eigenvalue weighted by molar-refractivity contribution is -0.119. The molecule has 1 fully saturated rings. The zero-order chi connectivity index (χ0) is 15.1. The number of carbonyl (C=O) groups excluding carboxylic acids is 2. The maximum Gasteiger partial charge on any atom is 0.415 e. The van der Waals surface area contributed by atoms with E-state index in [1.54, 1.807) is 0 Å². The van der Waals surface area contributed by atoms with Crippen LogP contribution in [0.15, 0.2) is 16.6 Å². The van der Waals surface area contributed by atoms with E-state index in [1.807, 2.05) is 0 Å². The standard InChI is InChI=1S/C13H12BrFN2O4/c1-6(18)16-4-12-10-5-20-11-2-7(14)8(15)3-9(11)17(10)13(19)21-12/h2-3,10,12H,4-5H2,1H3,(H,16,18)/t10-,12-/m0/s1. The number of rotatable bonds is 2. The number of carbonyl (C=O) groups is 2. The molecule has 21 heavy (non-hydrogen) atoms. The Bertz CT molecular complexity index is 624. The summed E-state index contributed by atoms with van der Waals surface area (Å²) in [5.41, 5.74) is 0.335. The molecule has 1 N–H and O–H groups in total. The number of halogens is 2. The van der Waals surface area contributed by atoms with Crippen LogP contribution in [0.25, 0.3) is 0 Å². The van der Waals surface area contributed by atoms with Gasteiger partial charge in [-0.1, -0.05) is 0 Å². The average Bonchev–Trinajstić information content (AvgIpc) is 2.75. The van der Waals surface area contributed by atoms with Crippen molar-refractivity contribution in [1.29, 1.82) is 0 Å². The number of anilines is 1. The van der Waals surface area contributed by atoms with Gasteiger partial charge in [0, 0.05) is 13.0 Å². The van der Waals surface area contributed by atoms with Gasteiger partial charge in [-0.25, -0.2) is 9.18 Å². The highest BCUT2D eigenvalue weighted by molar-refractivity contribution is 9.10. The Balaban J connectivity index is 1.90. The summed E-state index contributed by atoms with van der Waals surface area (Å²) in [4.78, 5) is 24.4. The maximum absolute atomic E-state index is 13.7. The van der Waals surface area contributed by atoms with Gasteiger partial charge in [0.15, 0.2) is 0 Å². The molecule has 0 aromatic heterocycles. The van der Waals surface area contributed by atoms with Crippen molar-refractivity contribution in [1.82, 2.24) is 5.32 Å². The molecule has 0 radical (unpaired) electrons. The second-order valence-electron chi connectivity index (χ2n) is 4.84. The molecule has 0 spiro atoms. The van der Waals surface area contributed by atoms with E-state index in [-0.39, 0.29) is 23.5 Å². The van der Waals surface area contributed by atoms with Crippen LogP contribution in [0.2, 0.25) is 0 Å². The average molecular weight is 359 g/mol. The van der Waals surface area contributed by atoms with Crippen LogP contribution in [0.3, 0.4) is 0 Å². The van der Waals surface area contributed by atoms with E-state index in [0.29, 0.717) is 11.4 Å². The van der Waals surface area contributed by atoms with E-state index in [4.69, 9.17) is 9.47 Å². The summed E-state index contributed by atoms with van der Waals surface area (Å²) in [6, 6.07) is 2.32. The first-order valence-electron chi connectivity index (χ1n) is 6.33. The van der Waals surface area contributed by atoms with Crippen molar-refractivity contribution in [2.24, 2.45) is 0 Å². The van der Waals surface area contributed by atoms with Crippen LogP contribution in [0.1, 0.15) is 6.92 Å². The summed E-state index contributed by atoms with van der Waals surface area (Å²) in [5.74, 6) is -0.288. The van der Waals surface area contributed by atoms with Crippen molar-refractivity contribution >= 4 is 33.6 Å². The zero-order valence-electron chi connectivity index (χ0n) is 11.1. The number of hydrogen-bond donors (Lipinski definition) is 1. The molecule has 112 valence electrons. The van der Waals surface area contributed by atoms with E-state index in [1.165, 1.54) is 24.0 Å². The Morgan fingerprint density at radius 3 is 3.05 bits per heavy atom. The second-order valence-corrected chi connectivity index (χ2v) is 5.70. The van der Waals surface area contributed by atoms with Gasteiger partial charge in [-0.15, -0.1) is 0 Å². The summed E-state index contributed by atoms with van der Waals surface area (Å²) in [6.07, 6.45) is -1.09. The molecule has 2 atom stereocenters. The lowest BCUT2D eigenvalue weighted by Gasteiger charge is -2.31. The molecule has 2 aliphatic heterocycles. The molecule has 1 aromatic carbocycles. The van der Waals surface area contributed by atoms with Gasteiger partial charge in [0.25, 0.3) is 0 Å². The van der Waals surface area contributed by atoms with E-state index in [2.05, 4.69) is 21.2 Å². The summed E-state index contributed by atoms with van der Waals surface area (Å²) < 4.78 is 24.8. The Hall–Kier alpha value is -1.83. The maximum atomic E-state index is 13.7. The molecule has 6 nitrogen and oxygen atoms in total. The van der Waals surface area contributed by atoms with E-state index >= 15 is 0 Å². The van der Waals surface area contributed by atoms with E-state index in [9.17, 15) is 14.0 Å². The minimum absolute atomic E-state index is 0.194. The predicted octanol–water partition coefficient (Wildman–Crippen LogP) is 1.81. The first-order valence-corrected chi connectivity index (χ1v) is 7.13. The van der Waals surface area contributed by atoms with Crippen molar-refractivity contribution in [3.05, 3.63) is 22.4 Å². The minimum Gasteiger partial charge on any atom is -0.489 e. The molecular weight excluding hydrogens is 347 g/mol. The van der Waals surface area contributed by atoms with Crippen LogP contribution >= 0.6 is 15.9 Å². The largest absolute Gasteiger partial charge is 0.489 e. The third-order valence-electron chi connectivity index (χ3n) is 3.43. The number of nitrogens with zero attached hydrogens (tertiary/aromatic N) is 1. The van der Waals surface area contributed by atoms with Crippen LogP contribution in [-0.2, 0) is 9.53 Å². The molecule has 8 heteroatoms. The molecule has 0 aliphatic carbocycles. The number of ether oxygens (including phenoxy) is 2. The predicted molar refractivity (Wildman–Crippen MR) is 74.8 cm³/mol. The number of hydrogen-bond acceptors (Lipinski definition) is 4. The van der Waals surface area contributed by atoms with Crippen LogP contribution in [0.4, 0.5) is 14.9 Å². The van der Waals surface area contributed by atoms with Gasteiger partial charge >= 0.3 is 6.09 Å². The molecule has 2 amide bonds. The fourth-order valence-corrected chi connectivity index (χ4v) is 2.77. The highest BCUT2D eigenvalue weighted by atomic mass is 79.9. The molecule has 2 heterocycles. The minimum atomic E-state index is -0.568. The highest BCUT2D eigenvalue weighted by Gasteiger charge is 2.46. The summed E-state index contributed by atoms with van der Waals surface area (Å²) in [5, 5.41) is 2.61. The number of amides is 2. The first-order chi connectivity index (χ1) is 9.97. The summed E-state index contributed by atoms with van der Waals surface area (Å²) in [7, 11) is 0. The molecule has 1 aromatic rings. The Morgan fingerprint density at radius 2 is 2.33 bits per heavy atom. The van der Waals surface area contributed by atoms with Gasteiger partial charge in [0.1, 0.15) is 30.3 Å². The number of fused-ring (bicyclic) bond motifs is 3. The fraction of sp³-hybridized carbons (Fsp3) is 0.385. The molecule has 2 aliphatic rings. The van der Waals surface area contributed by atoms with Crippen molar-refractivity contribution < 1.29 is 23.5 Å². The van der Waals surface area contributed by atoms with Gasteiger partial charge in [0.2, 0.25) is 5.91 Å². The van der Waals surface area contributed by atoms with Crippen LogP contribution in [0.5, 0.6) is 5.75 Å². The van der Waals surface area contributed by atoms with E-state index in [0.717, 1.165) is 0 Å². The van der Waals surface area contributed by atoms with Gasteiger partial charge in [-0.3, -0.25) is 9.69 Å². The number of benzene rings is 1. The monoisotopic (exact) mass is 358 g/mol. The SMILES string of the molecule is CC(=O)NC[C@@H]1OC(=O)N2c3cc(F)c(Br)cc3OC[C@@H]12. The van der Waals surface area contributed by atoms with Gasteiger partial charge in [-0.2, -0.15) is 0 Å². The molecule has 0 bridgehead atoms. The Labute approximate surface area is 128 Å².